The number of carbonyl (C=O) groups excluding carboxylic acids is 1. The lowest BCUT2D eigenvalue weighted by atomic mass is 9.87. The van der Waals surface area contributed by atoms with Crippen molar-refractivity contribution in [3.05, 3.63) is 113 Å². The smallest absolute Gasteiger partial charge is 0.259 e. The molecule has 34 heavy (non-hydrogen) atoms. The Morgan fingerprint density at radius 2 is 1.62 bits per heavy atom. The zero-order chi connectivity index (χ0) is 23.5. The molecule has 0 aliphatic rings. The van der Waals surface area contributed by atoms with Gasteiger partial charge in [-0.05, 0) is 36.6 Å². The Kier molecular flexibility index (Phi) is 5.91. The number of imidazole rings is 1. The molecule has 0 aliphatic heterocycles. The van der Waals surface area contributed by atoms with E-state index in [0.717, 1.165) is 23.5 Å². The third-order valence-corrected chi connectivity index (χ3v) is 5.97. The van der Waals surface area contributed by atoms with Gasteiger partial charge in [-0.15, -0.1) is 5.10 Å². The summed E-state index contributed by atoms with van der Waals surface area (Å²) in [5.41, 5.74) is 5.78. The van der Waals surface area contributed by atoms with Gasteiger partial charge in [-0.3, -0.25) is 14.8 Å². The van der Waals surface area contributed by atoms with Gasteiger partial charge in [-0.25, -0.2) is 9.97 Å². The first-order chi connectivity index (χ1) is 16.7. The van der Waals surface area contributed by atoms with Crippen LogP contribution in [0, 0.1) is 0 Å². The Hall–Kier alpha value is -4.26. The van der Waals surface area contributed by atoms with Gasteiger partial charge in [-0.1, -0.05) is 67.6 Å². The van der Waals surface area contributed by atoms with Crippen LogP contribution in [0.1, 0.15) is 52.6 Å². The summed E-state index contributed by atoms with van der Waals surface area (Å²) >= 11 is 0. The maximum Gasteiger partial charge on any atom is 0.259 e. The predicted octanol–water partition coefficient (Wildman–Crippen LogP) is 4.94. The molecule has 3 heterocycles. The largest absolute Gasteiger partial charge is 0.303 e. The normalized spacial score (nSPS) is 11.3. The van der Waals surface area contributed by atoms with E-state index in [1.54, 1.807) is 17.1 Å². The fourth-order valence-corrected chi connectivity index (χ4v) is 4.31. The molecule has 0 radical (unpaired) electrons. The van der Waals surface area contributed by atoms with Crippen LogP contribution < -0.4 is 5.32 Å². The van der Waals surface area contributed by atoms with E-state index in [2.05, 4.69) is 70.9 Å². The number of aryl methyl sites for hydroxylation is 2. The molecule has 0 saturated heterocycles. The number of anilines is 1. The summed E-state index contributed by atoms with van der Waals surface area (Å²) in [5.74, 6) is 0.0367. The Balaban J connectivity index is 1.57. The van der Waals surface area contributed by atoms with E-state index in [1.807, 2.05) is 35.7 Å². The molecule has 7 nitrogen and oxygen atoms in total. The molecule has 0 fully saturated rings. The highest BCUT2D eigenvalue weighted by atomic mass is 16.1. The van der Waals surface area contributed by atoms with E-state index < -0.39 is 0 Å². The van der Waals surface area contributed by atoms with E-state index in [-0.39, 0.29) is 11.8 Å². The molecule has 2 aromatic carbocycles. The Morgan fingerprint density at radius 1 is 0.941 bits per heavy atom. The Labute approximate surface area is 198 Å². The molecule has 0 atom stereocenters. The van der Waals surface area contributed by atoms with Gasteiger partial charge in [0, 0.05) is 18.4 Å². The second-order valence-corrected chi connectivity index (χ2v) is 8.08. The lowest BCUT2D eigenvalue weighted by Gasteiger charge is -2.18. The van der Waals surface area contributed by atoms with E-state index in [0.29, 0.717) is 18.1 Å². The first-order valence-electron chi connectivity index (χ1n) is 11.5. The molecular formula is C27H26N6O. The van der Waals surface area contributed by atoms with Gasteiger partial charge in [0.15, 0.2) is 0 Å². The van der Waals surface area contributed by atoms with Gasteiger partial charge in [0.05, 0.1) is 17.2 Å². The Morgan fingerprint density at radius 3 is 2.21 bits per heavy atom. The van der Waals surface area contributed by atoms with Gasteiger partial charge >= 0.3 is 0 Å². The molecule has 0 spiro atoms. The standard InChI is InChI=1S/C27H26N6O/c1-3-22-25(24(19-11-7-5-8-12-19)20-13-9-6-10-14-20)29-23-16-15-21(17-33(22)23)26(34)30-27-28-18-32(4-2)31-27/h5-18,24H,3-4H2,1-2H3,(H,30,31,34). The minimum Gasteiger partial charge on any atom is -0.303 e. The fraction of sp³-hybridized carbons (Fsp3) is 0.185. The summed E-state index contributed by atoms with van der Waals surface area (Å²) in [6, 6.07) is 24.5. The van der Waals surface area contributed by atoms with E-state index >= 15 is 0 Å². The van der Waals surface area contributed by atoms with Crippen molar-refractivity contribution in [2.45, 2.75) is 32.7 Å². The zero-order valence-corrected chi connectivity index (χ0v) is 19.2. The van der Waals surface area contributed by atoms with Crippen LogP contribution in [0.4, 0.5) is 5.95 Å². The molecule has 1 N–H and O–H groups in total. The van der Waals surface area contributed by atoms with Crippen LogP contribution >= 0.6 is 0 Å². The summed E-state index contributed by atoms with van der Waals surface area (Å²) in [4.78, 5) is 22.1. The molecule has 5 rings (SSSR count). The lowest BCUT2D eigenvalue weighted by molar-refractivity contribution is 0.102. The van der Waals surface area contributed by atoms with Gasteiger partial charge in [0.2, 0.25) is 5.95 Å². The molecule has 170 valence electrons. The van der Waals surface area contributed by atoms with Crippen LogP contribution in [0.5, 0.6) is 0 Å². The SMILES string of the molecule is CCc1c(C(c2ccccc2)c2ccccc2)nc2ccc(C(=O)Nc3ncn(CC)n3)cn12. The number of nitrogens with zero attached hydrogens (tertiary/aromatic N) is 5. The highest BCUT2D eigenvalue weighted by Crippen LogP contribution is 2.34. The number of rotatable bonds is 7. The third kappa shape index (κ3) is 4.08. The van der Waals surface area contributed by atoms with E-state index in [1.165, 1.54) is 11.1 Å². The fourth-order valence-electron chi connectivity index (χ4n) is 4.31. The van der Waals surface area contributed by atoms with Crippen LogP contribution in [-0.2, 0) is 13.0 Å². The molecule has 5 aromatic rings. The summed E-state index contributed by atoms with van der Waals surface area (Å²) in [6.45, 7) is 4.78. The minimum atomic E-state index is -0.254. The summed E-state index contributed by atoms with van der Waals surface area (Å²) < 4.78 is 3.70. The highest BCUT2D eigenvalue weighted by molar-refractivity contribution is 6.03. The van der Waals surface area contributed by atoms with Crippen molar-refractivity contribution in [1.82, 2.24) is 24.1 Å². The maximum absolute atomic E-state index is 12.9. The molecule has 0 aliphatic carbocycles. The summed E-state index contributed by atoms with van der Waals surface area (Å²) in [5, 5.41) is 7.02. The number of benzene rings is 2. The lowest BCUT2D eigenvalue weighted by Crippen LogP contribution is -2.14. The van der Waals surface area contributed by atoms with Crippen LogP contribution in [0.15, 0.2) is 85.3 Å². The summed E-state index contributed by atoms with van der Waals surface area (Å²) in [6.07, 6.45) is 4.23. The molecule has 0 unspecified atom stereocenters. The molecule has 1 amide bonds. The molecule has 0 bridgehead atoms. The number of hydrogen-bond acceptors (Lipinski definition) is 4. The number of fused-ring (bicyclic) bond motifs is 1. The third-order valence-electron chi connectivity index (χ3n) is 5.97. The maximum atomic E-state index is 12.9. The number of amides is 1. The van der Waals surface area contributed by atoms with Crippen molar-refractivity contribution >= 4 is 17.5 Å². The average Bonchev–Trinajstić information content (AvgIpc) is 3.49. The summed E-state index contributed by atoms with van der Waals surface area (Å²) in [7, 11) is 0. The van der Waals surface area contributed by atoms with Gasteiger partial charge in [0.25, 0.3) is 5.91 Å². The predicted molar refractivity (Wildman–Crippen MR) is 132 cm³/mol. The quantitative estimate of drug-likeness (QED) is 0.381. The highest BCUT2D eigenvalue weighted by Gasteiger charge is 2.24. The van der Waals surface area contributed by atoms with Gasteiger partial charge < -0.3 is 4.40 Å². The molecule has 3 aromatic heterocycles. The van der Waals surface area contributed by atoms with Crippen molar-refractivity contribution in [1.29, 1.82) is 0 Å². The van der Waals surface area contributed by atoms with Crippen molar-refractivity contribution in [3.8, 4) is 0 Å². The van der Waals surface area contributed by atoms with Crippen LogP contribution in [0.25, 0.3) is 5.65 Å². The van der Waals surface area contributed by atoms with Gasteiger partial charge in [0.1, 0.15) is 12.0 Å². The van der Waals surface area contributed by atoms with Crippen LogP contribution in [0.3, 0.4) is 0 Å². The number of hydrogen-bond donors (Lipinski definition) is 1. The van der Waals surface area contributed by atoms with Crippen LogP contribution in [-0.4, -0.2) is 30.1 Å². The number of aromatic nitrogens is 5. The first kappa shape index (κ1) is 21.6. The number of nitrogens with one attached hydrogen (secondary N) is 1. The second-order valence-electron chi connectivity index (χ2n) is 8.08. The van der Waals surface area contributed by atoms with Crippen molar-refractivity contribution < 1.29 is 4.79 Å². The average molecular weight is 451 g/mol. The van der Waals surface area contributed by atoms with Crippen molar-refractivity contribution in [3.63, 3.8) is 0 Å². The molecule has 7 heteroatoms. The Bertz CT molecular complexity index is 1380. The molecular weight excluding hydrogens is 424 g/mol. The number of carbonyl (C=O) groups is 1. The van der Waals surface area contributed by atoms with Crippen molar-refractivity contribution in [2.75, 3.05) is 5.32 Å². The van der Waals surface area contributed by atoms with E-state index in [4.69, 9.17) is 4.98 Å². The zero-order valence-electron chi connectivity index (χ0n) is 19.2. The van der Waals surface area contributed by atoms with Gasteiger partial charge in [-0.2, -0.15) is 0 Å². The van der Waals surface area contributed by atoms with Crippen molar-refractivity contribution in [2.24, 2.45) is 0 Å². The molecule has 0 saturated carbocycles. The first-order valence-corrected chi connectivity index (χ1v) is 11.5. The van der Waals surface area contributed by atoms with Crippen LogP contribution in [0.2, 0.25) is 0 Å². The monoisotopic (exact) mass is 450 g/mol. The minimum absolute atomic E-state index is 0.00302. The number of pyridine rings is 1. The van der Waals surface area contributed by atoms with E-state index in [9.17, 15) is 4.79 Å². The second kappa shape index (κ2) is 9.31. The topological polar surface area (TPSA) is 77.1 Å².